The summed E-state index contributed by atoms with van der Waals surface area (Å²) in [6.07, 6.45) is 29.7. The second-order valence-corrected chi connectivity index (χ2v) is 18.3. The first kappa shape index (κ1) is 57.2. The van der Waals surface area contributed by atoms with Crippen molar-refractivity contribution in [2.75, 3.05) is 47.5 Å². The largest absolute Gasteiger partial charge is 0.756 e. The van der Waals surface area contributed by atoms with Crippen LogP contribution in [0.2, 0.25) is 0 Å². The van der Waals surface area contributed by atoms with E-state index >= 15 is 0 Å². The van der Waals surface area contributed by atoms with E-state index in [0.29, 0.717) is 23.9 Å². The van der Waals surface area contributed by atoms with E-state index in [1.807, 2.05) is 21.1 Å². The molecule has 0 aromatic heterocycles. The summed E-state index contributed by atoms with van der Waals surface area (Å²) >= 11 is 0. The Hall–Kier alpha value is -2.75. The fraction of sp³-hybridized carbons (Fsp3) is 0.800. The smallest absolute Gasteiger partial charge is 0.306 e. The maximum Gasteiger partial charge on any atom is 0.306 e. The average molecular weight is 858 g/mol. The van der Waals surface area contributed by atoms with Crippen molar-refractivity contribution in [3.63, 3.8) is 0 Å². The van der Waals surface area contributed by atoms with Crippen LogP contribution in [0.5, 0.6) is 0 Å². The summed E-state index contributed by atoms with van der Waals surface area (Å²) < 4.78 is 33.9. The minimum atomic E-state index is -4.65. The monoisotopic (exact) mass is 858 g/mol. The molecule has 0 saturated heterocycles. The molecule has 0 fully saturated rings. The Morgan fingerprint density at radius 3 is 1.28 bits per heavy atom. The van der Waals surface area contributed by atoms with E-state index in [4.69, 9.17) is 18.5 Å². The van der Waals surface area contributed by atoms with E-state index < -0.39 is 32.5 Å². The zero-order valence-corrected chi connectivity index (χ0v) is 39.7. The molecule has 0 aliphatic carbocycles. The SMILES string of the molecule is CCCCCCCCC#CC#CCCCCCCCCC(=O)OC[C@H](COP(=O)([O-])OCC[N+](C)(C)C)OC(=O)CCCCCCCCC#CC#CCCCCCCCC. The molecule has 342 valence electrons. The first-order valence-corrected chi connectivity index (χ1v) is 25.1. The lowest BCUT2D eigenvalue weighted by Crippen LogP contribution is -2.37. The number of likely N-dealkylation sites (N-methyl/N-ethyl adjacent to an activating group) is 1. The Bertz CT molecular complexity index is 1380. The molecular formula is C50H84NO8P. The van der Waals surface area contributed by atoms with Crippen LogP contribution in [0.1, 0.15) is 206 Å². The fourth-order valence-corrected chi connectivity index (χ4v) is 6.78. The molecule has 0 N–H and O–H groups in total. The Morgan fingerprint density at radius 2 is 0.883 bits per heavy atom. The lowest BCUT2D eigenvalue weighted by molar-refractivity contribution is -0.870. The maximum absolute atomic E-state index is 12.7. The quantitative estimate of drug-likeness (QED) is 0.0198. The van der Waals surface area contributed by atoms with Crippen LogP contribution in [-0.4, -0.2) is 70.0 Å². The second kappa shape index (κ2) is 41.6. The molecule has 0 spiro atoms. The summed E-state index contributed by atoms with van der Waals surface area (Å²) in [5, 5.41) is 0. The number of hydrogen-bond acceptors (Lipinski definition) is 8. The highest BCUT2D eigenvalue weighted by atomic mass is 31.2. The molecule has 0 aromatic rings. The molecule has 60 heavy (non-hydrogen) atoms. The number of quaternary nitrogens is 1. The van der Waals surface area contributed by atoms with Gasteiger partial charge in [-0.15, -0.1) is 0 Å². The van der Waals surface area contributed by atoms with Crippen LogP contribution in [0.3, 0.4) is 0 Å². The van der Waals surface area contributed by atoms with Gasteiger partial charge in [0.15, 0.2) is 6.10 Å². The number of phosphoric acid groups is 1. The zero-order valence-electron chi connectivity index (χ0n) is 38.8. The topological polar surface area (TPSA) is 111 Å². The van der Waals surface area contributed by atoms with E-state index in [1.54, 1.807) is 0 Å². The van der Waals surface area contributed by atoms with Crippen molar-refractivity contribution in [1.82, 2.24) is 0 Å². The number of rotatable bonds is 38. The van der Waals surface area contributed by atoms with Crippen molar-refractivity contribution < 1.29 is 42.1 Å². The molecule has 0 bridgehead atoms. The van der Waals surface area contributed by atoms with Gasteiger partial charge in [0, 0.05) is 38.5 Å². The normalized spacial score (nSPS) is 12.3. The van der Waals surface area contributed by atoms with Gasteiger partial charge in [-0.25, -0.2) is 0 Å². The molecule has 0 radical (unpaired) electrons. The number of nitrogens with zero attached hydrogens (tertiary/aromatic N) is 1. The van der Waals surface area contributed by atoms with Crippen molar-refractivity contribution in [1.29, 1.82) is 0 Å². The summed E-state index contributed by atoms with van der Waals surface area (Å²) in [7, 11) is 1.11. The van der Waals surface area contributed by atoms with Gasteiger partial charge < -0.3 is 27.9 Å². The summed E-state index contributed by atoms with van der Waals surface area (Å²) in [6, 6.07) is 0. The number of carbonyl (C=O) groups is 2. The number of ether oxygens (including phenoxy) is 2. The average Bonchev–Trinajstić information content (AvgIpc) is 3.20. The van der Waals surface area contributed by atoms with Gasteiger partial charge in [0.25, 0.3) is 7.82 Å². The van der Waals surface area contributed by atoms with Gasteiger partial charge >= 0.3 is 11.9 Å². The third kappa shape index (κ3) is 44.8. The van der Waals surface area contributed by atoms with Gasteiger partial charge in [-0.2, -0.15) is 0 Å². The molecule has 0 aromatic carbocycles. The van der Waals surface area contributed by atoms with Crippen molar-refractivity contribution in [2.24, 2.45) is 0 Å². The zero-order chi connectivity index (χ0) is 44.3. The van der Waals surface area contributed by atoms with Crippen molar-refractivity contribution in [3.05, 3.63) is 0 Å². The minimum absolute atomic E-state index is 0.0478. The molecule has 0 rings (SSSR count). The highest BCUT2D eigenvalue weighted by Gasteiger charge is 2.21. The highest BCUT2D eigenvalue weighted by Crippen LogP contribution is 2.38. The Labute approximate surface area is 368 Å². The van der Waals surface area contributed by atoms with Gasteiger partial charge in [-0.1, -0.05) is 153 Å². The number of unbranched alkanes of at least 4 members (excludes halogenated alkanes) is 24. The first-order valence-electron chi connectivity index (χ1n) is 23.7. The number of carbonyl (C=O) groups excluding carboxylic acids is 2. The minimum Gasteiger partial charge on any atom is -0.756 e. The van der Waals surface area contributed by atoms with E-state index in [9.17, 15) is 19.0 Å². The van der Waals surface area contributed by atoms with Gasteiger partial charge in [0.1, 0.15) is 19.8 Å². The molecule has 0 aliphatic heterocycles. The highest BCUT2D eigenvalue weighted by molar-refractivity contribution is 7.45. The van der Waals surface area contributed by atoms with Crippen molar-refractivity contribution in [2.45, 2.75) is 213 Å². The summed E-state index contributed by atoms with van der Waals surface area (Å²) in [5.41, 5.74) is 0. The van der Waals surface area contributed by atoms with Crippen LogP contribution >= 0.6 is 7.82 Å². The van der Waals surface area contributed by atoms with Gasteiger partial charge in [0.2, 0.25) is 0 Å². The summed E-state index contributed by atoms with van der Waals surface area (Å²) in [4.78, 5) is 37.6. The Kier molecular flexibility index (Phi) is 39.7. The van der Waals surface area contributed by atoms with E-state index in [-0.39, 0.29) is 26.1 Å². The Morgan fingerprint density at radius 1 is 0.517 bits per heavy atom. The summed E-state index contributed by atoms with van der Waals surface area (Å²) in [5.74, 6) is 23.6. The first-order chi connectivity index (χ1) is 29.0. The molecule has 10 heteroatoms. The lowest BCUT2D eigenvalue weighted by Gasteiger charge is -2.28. The van der Waals surface area contributed by atoms with Crippen LogP contribution in [0.25, 0.3) is 0 Å². The molecule has 9 nitrogen and oxygen atoms in total. The fourth-order valence-electron chi connectivity index (χ4n) is 6.05. The van der Waals surface area contributed by atoms with Crippen LogP contribution < -0.4 is 4.89 Å². The number of esters is 2. The molecule has 0 amide bonds. The van der Waals surface area contributed by atoms with Crippen molar-refractivity contribution >= 4 is 19.8 Å². The third-order valence-electron chi connectivity index (χ3n) is 9.81. The predicted molar refractivity (Wildman–Crippen MR) is 244 cm³/mol. The van der Waals surface area contributed by atoms with Crippen LogP contribution in [0, 0.1) is 47.4 Å². The second-order valence-electron chi connectivity index (χ2n) is 16.9. The molecule has 2 atom stereocenters. The molecule has 0 saturated carbocycles. The predicted octanol–water partition coefficient (Wildman–Crippen LogP) is 11.4. The molecule has 1 unspecified atom stereocenters. The van der Waals surface area contributed by atoms with E-state index in [1.165, 1.54) is 64.2 Å². The van der Waals surface area contributed by atoms with Gasteiger partial charge in [-0.3, -0.25) is 14.2 Å². The molecule has 0 aliphatic rings. The number of phosphoric ester groups is 1. The molecule has 0 heterocycles. The summed E-state index contributed by atoms with van der Waals surface area (Å²) in [6.45, 7) is 4.09. The van der Waals surface area contributed by atoms with Gasteiger partial charge in [0.05, 0.1) is 27.7 Å². The molecular weight excluding hydrogens is 774 g/mol. The third-order valence-corrected chi connectivity index (χ3v) is 10.8. The number of hydrogen-bond donors (Lipinski definition) is 0. The lowest BCUT2D eigenvalue weighted by atomic mass is 10.1. The van der Waals surface area contributed by atoms with Crippen LogP contribution in [0.4, 0.5) is 0 Å². The van der Waals surface area contributed by atoms with Crippen LogP contribution in [0.15, 0.2) is 0 Å². The standard InChI is InChI=1S/C50H84NO8P/c1-6-8-10-12-14-16-18-20-22-24-26-28-30-32-34-36-38-40-42-49(52)56-46-48(47-58-60(54,55)57-45-44-51(3,4)5)59-50(53)43-41-39-37-35-33-31-29-27-25-23-21-19-17-15-13-11-9-7-2/h48H,6-19,28-47H2,1-5H3/t48-/m1/s1. The van der Waals surface area contributed by atoms with E-state index in [2.05, 4.69) is 61.2 Å². The van der Waals surface area contributed by atoms with Crippen LogP contribution in [-0.2, 0) is 32.7 Å². The van der Waals surface area contributed by atoms with Crippen molar-refractivity contribution in [3.8, 4) is 47.4 Å². The van der Waals surface area contributed by atoms with E-state index in [0.717, 1.165) is 103 Å². The van der Waals surface area contributed by atoms with Gasteiger partial charge in [-0.05, 0) is 62.2 Å². The maximum atomic E-state index is 12.7. The Balaban J connectivity index is 4.40.